The molecule has 2 aromatic rings. The number of benzene rings is 1. The molecule has 1 aromatic heterocycles. The maximum absolute atomic E-state index is 5.98. The average Bonchev–Trinajstić information content (AvgIpc) is 3.11. The number of rotatable bonds is 3. The van der Waals surface area contributed by atoms with E-state index in [1.807, 2.05) is 18.2 Å². The SMILES string of the molecule is NC(=NCc1nnc2n1CCC2)Nc1ccc2c(c1)OCCCO2. The predicted molar refractivity (Wildman–Crippen MR) is 89.3 cm³/mol. The van der Waals surface area contributed by atoms with Crippen LogP contribution in [0.1, 0.15) is 24.5 Å². The van der Waals surface area contributed by atoms with Gasteiger partial charge in [-0.1, -0.05) is 0 Å². The fraction of sp³-hybridized carbons (Fsp3) is 0.438. The van der Waals surface area contributed by atoms with Crippen LogP contribution < -0.4 is 20.5 Å². The molecule has 0 atom stereocenters. The lowest BCUT2D eigenvalue weighted by molar-refractivity contribution is 0.297. The van der Waals surface area contributed by atoms with Crippen LogP contribution in [0.5, 0.6) is 11.5 Å². The third-order valence-electron chi connectivity index (χ3n) is 4.10. The molecule has 0 saturated heterocycles. The van der Waals surface area contributed by atoms with E-state index < -0.39 is 0 Å². The number of anilines is 1. The molecule has 0 amide bonds. The van der Waals surface area contributed by atoms with Crippen molar-refractivity contribution >= 4 is 11.6 Å². The second kappa shape index (κ2) is 6.38. The summed E-state index contributed by atoms with van der Waals surface area (Å²) in [5, 5.41) is 11.4. The highest BCUT2D eigenvalue weighted by Crippen LogP contribution is 2.32. The Hall–Kier alpha value is -2.77. The lowest BCUT2D eigenvalue weighted by Crippen LogP contribution is -2.23. The molecule has 8 heteroatoms. The summed E-state index contributed by atoms with van der Waals surface area (Å²) in [7, 11) is 0. The number of hydrogen-bond acceptors (Lipinski definition) is 5. The molecule has 1 aromatic carbocycles. The first-order valence-electron chi connectivity index (χ1n) is 8.17. The van der Waals surface area contributed by atoms with Crippen LogP contribution in [0.2, 0.25) is 0 Å². The van der Waals surface area contributed by atoms with Gasteiger partial charge in [0.1, 0.15) is 12.4 Å². The number of nitrogens with zero attached hydrogens (tertiary/aromatic N) is 4. The van der Waals surface area contributed by atoms with E-state index in [0.717, 1.165) is 54.6 Å². The van der Waals surface area contributed by atoms with Crippen molar-refractivity contribution in [1.29, 1.82) is 0 Å². The molecule has 2 aliphatic heterocycles. The van der Waals surface area contributed by atoms with E-state index in [-0.39, 0.29) is 0 Å². The molecule has 0 fully saturated rings. The Labute approximate surface area is 139 Å². The van der Waals surface area contributed by atoms with Crippen LogP contribution >= 0.6 is 0 Å². The molecule has 24 heavy (non-hydrogen) atoms. The van der Waals surface area contributed by atoms with Gasteiger partial charge in [-0.05, 0) is 18.6 Å². The fourth-order valence-electron chi connectivity index (χ4n) is 2.91. The number of guanidine groups is 1. The molecule has 0 aliphatic carbocycles. The lowest BCUT2D eigenvalue weighted by atomic mass is 10.3. The smallest absolute Gasteiger partial charge is 0.193 e. The van der Waals surface area contributed by atoms with Gasteiger partial charge in [0.25, 0.3) is 0 Å². The van der Waals surface area contributed by atoms with Crippen molar-refractivity contribution in [3.05, 3.63) is 29.8 Å². The van der Waals surface area contributed by atoms with Gasteiger partial charge in [-0.25, -0.2) is 4.99 Å². The molecule has 3 heterocycles. The summed E-state index contributed by atoms with van der Waals surface area (Å²) in [4.78, 5) is 4.36. The minimum atomic E-state index is 0.333. The van der Waals surface area contributed by atoms with Crippen molar-refractivity contribution in [2.45, 2.75) is 32.4 Å². The van der Waals surface area contributed by atoms with Crippen molar-refractivity contribution in [3.63, 3.8) is 0 Å². The molecular formula is C16H20N6O2. The highest BCUT2D eigenvalue weighted by molar-refractivity contribution is 5.92. The number of ether oxygens (including phenoxy) is 2. The molecule has 0 saturated carbocycles. The molecule has 4 rings (SSSR count). The van der Waals surface area contributed by atoms with Crippen LogP contribution in [-0.4, -0.2) is 33.9 Å². The van der Waals surface area contributed by atoms with Crippen molar-refractivity contribution in [3.8, 4) is 11.5 Å². The normalized spacial score (nSPS) is 16.6. The Bertz CT molecular complexity index is 770. The Balaban J connectivity index is 1.43. The fourth-order valence-corrected chi connectivity index (χ4v) is 2.91. The van der Waals surface area contributed by atoms with E-state index >= 15 is 0 Å². The molecule has 2 aliphatic rings. The maximum atomic E-state index is 5.98. The Morgan fingerprint density at radius 3 is 3.00 bits per heavy atom. The van der Waals surface area contributed by atoms with Crippen LogP contribution in [0.15, 0.2) is 23.2 Å². The number of fused-ring (bicyclic) bond motifs is 2. The van der Waals surface area contributed by atoms with Gasteiger partial charge in [0.2, 0.25) is 0 Å². The third kappa shape index (κ3) is 2.99. The first-order valence-corrected chi connectivity index (χ1v) is 8.17. The summed E-state index contributed by atoms with van der Waals surface area (Å²) in [6, 6.07) is 5.64. The minimum absolute atomic E-state index is 0.333. The molecule has 0 spiro atoms. The topological polar surface area (TPSA) is 99.6 Å². The largest absolute Gasteiger partial charge is 0.490 e. The molecule has 0 bridgehead atoms. The molecule has 0 radical (unpaired) electrons. The number of nitrogens with one attached hydrogen (secondary N) is 1. The first-order chi connectivity index (χ1) is 11.8. The monoisotopic (exact) mass is 328 g/mol. The van der Waals surface area contributed by atoms with E-state index in [1.165, 1.54) is 0 Å². The van der Waals surface area contributed by atoms with Crippen LogP contribution in [0.4, 0.5) is 5.69 Å². The van der Waals surface area contributed by atoms with Gasteiger partial charge in [-0.3, -0.25) is 0 Å². The van der Waals surface area contributed by atoms with E-state index in [2.05, 4.69) is 25.1 Å². The molecule has 0 unspecified atom stereocenters. The summed E-state index contributed by atoms with van der Waals surface area (Å²) in [5.74, 6) is 3.70. The number of aromatic nitrogens is 3. The van der Waals surface area contributed by atoms with E-state index in [4.69, 9.17) is 15.2 Å². The van der Waals surface area contributed by atoms with Gasteiger partial charge in [0.05, 0.1) is 13.2 Å². The second-order valence-corrected chi connectivity index (χ2v) is 5.83. The van der Waals surface area contributed by atoms with Gasteiger partial charge >= 0.3 is 0 Å². The zero-order chi connectivity index (χ0) is 16.4. The lowest BCUT2D eigenvalue weighted by Gasteiger charge is -2.10. The van der Waals surface area contributed by atoms with Crippen molar-refractivity contribution in [1.82, 2.24) is 14.8 Å². The van der Waals surface area contributed by atoms with E-state index in [0.29, 0.717) is 25.7 Å². The number of nitrogens with two attached hydrogens (primary N) is 1. The van der Waals surface area contributed by atoms with E-state index in [9.17, 15) is 0 Å². The number of hydrogen-bond donors (Lipinski definition) is 2. The molecular weight excluding hydrogens is 308 g/mol. The van der Waals surface area contributed by atoms with Gasteiger partial charge in [-0.2, -0.15) is 0 Å². The summed E-state index contributed by atoms with van der Waals surface area (Å²) < 4.78 is 13.4. The van der Waals surface area contributed by atoms with Gasteiger partial charge in [-0.15, -0.1) is 10.2 Å². The van der Waals surface area contributed by atoms with Gasteiger partial charge in [0.15, 0.2) is 23.3 Å². The van der Waals surface area contributed by atoms with Gasteiger partial charge < -0.3 is 25.1 Å². The summed E-state index contributed by atoms with van der Waals surface area (Å²) in [5.41, 5.74) is 6.80. The summed E-state index contributed by atoms with van der Waals surface area (Å²) in [6.45, 7) is 2.70. The zero-order valence-corrected chi connectivity index (χ0v) is 13.4. The highest BCUT2D eigenvalue weighted by Gasteiger charge is 2.16. The van der Waals surface area contributed by atoms with Crippen LogP contribution in [-0.2, 0) is 19.5 Å². The predicted octanol–water partition coefficient (Wildman–Crippen LogP) is 1.31. The summed E-state index contributed by atoms with van der Waals surface area (Å²) >= 11 is 0. The second-order valence-electron chi connectivity index (χ2n) is 5.83. The zero-order valence-electron chi connectivity index (χ0n) is 13.4. The standard InChI is InChI=1S/C16H20N6O2/c17-16(18-10-15-21-20-14-3-1-6-22(14)15)19-11-4-5-12-13(9-11)24-8-2-7-23-12/h4-5,9H,1-3,6-8,10H2,(H3,17,18,19). The Morgan fingerprint density at radius 1 is 1.21 bits per heavy atom. The van der Waals surface area contributed by atoms with Crippen molar-refractivity contribution in [2.24, 2.45) is 10.7 Å². The third-order valence-corrected chi connectivity index (χ3v) is 4.10. The highest BCUT2D eigenvalue weighted by atomic mass is 16.5. The van der Waals surface area contributed by atoms with Crippen LogP contribution in [0.3, 0.4) is 0 Å². The maximum Gasteiger partial charge on any atom is 0.193 e. The molecule has 126 valence electrons. The Morgan fingerprint density at radius 2 is 2.08 bits per heavy atom. The molecule has 8 nitrogen and oxygen atoms in total. The minimum Gasteiger partial charge on any atom is -0.490 e. The Kier molecular flexibility index (Phi) is 3.94. The molecule has 3 N–H and O–H groups in total. The quantitative estimate of drug-likeness (QED) is 0.651. The van der Waals surface area contributed by atoms with E-state index in [1.54, 1.807) is 0 Å². The average molecular weight is 328 g/mol. The van der Waals surface area contributed by atoms with Crippen LogP contribution in [0, 0.1) is 0 Å². The van der Waals surface area contributed by atoms with Crippen molar-refractivity contribution in [2.75, 3.05) is 18.5 Å². The number of aliphatic imine (C=N–C) groups is 1. The number of aryl methyl sites for hydroxylation is 1. The van der Waals surface area contributed by atoms with Crippen molar-refractivity contribution < 1.29 is 9.47 Å². The summed E-state index contributed by atoms with van der Waals surface area (Å²) in [6.07, 6.45) is 2.98. The van der Waals surface area contributed by atoms with Gasteiger partial charge in [0, 0.05) is 31.1 Å². The first kappa shape index (κ1) is 14.8. The van der Waals surface area contributed by atoms with Crippen LogP contribution in [0.25, 0.3) is 0 Å².